The largest absolute Gasteiger partial charge is 0.455 e. The molecule has 9 nitrogen and oxygen atoms in total. The fourth-order valence-corrected chi connectivity index (χ4v) is 12.6. The summed E-state index contributed by atoms with van der Waals surface area (Å²) < 4.78 is 26.1. The second kappa shape index (κ2) is 11.9. The summed E-state index contributed by atoms with van der Waals surface area (Å²) in [4.78, 5) is 42.3. The van der Waals surface area contributed by atoms with Crippen molar-refractivity contribution in [1.29, 1.82) is 0 Å². The van der Waals surface area contributed by atoms with Crippen LogP contribution in [0.5, 0.6) is 0 Å². The number of hydrogen-bond donors (Lipinski definition) is 2. The summed E-state index contributed by atoms with van der Waals surface area (Å²) in [6.45, 7) is 16.9. The smallest absolute Gasteiger partial charge is 0.338 e. The van der Waals surface area contributed by atoms with E-state index in [0.717, 1.165) is 18.1 Å². The van der Waals surface area contributed by atoms with Crippen molar-refractivity contribution in [2.75, 3.05) is 6.61 Å². The first-order chi connectivity index (χ1) is 21.5. The lowest BCUT2D eigenvalue weighted by molar-refractivity contribution is -0.344. The van der Waals surface area contributed by atoms with Crippen LogP contribution in [-0.4, -0.2) is 78.5 Å². The lowest BCUT2D eigenvalue weighted by Crippen LogP contribution is -2.81. The summed E-state index contributed by atoms with van der Waals surface area (Å²) in [5.41, 5.74) is -4.18. The number of fused-ring (bicyclic) bond motifs is 5. The number of ketones is 1. The zero-order valence-corrected chi connectivity index (χ0v) is 29.8. The lowest BCUT2D eigenvalue weighted by Gasteiger charge is -2.68. The summed E-state index contributed by atoms with van der Waals surface area (Å²) in [5, 5.41) is 24.6. The van der Waals surface area contributed by atoms with E-state index in [-0.39, 0.29) is 24.4 Å². The van der Waals surface area contributed by atoms with Crippen LogP contribution in [0.25, 0.3) is 0 Å². The molecule has 0 amide bonds. The first kappa shape index (κ1) is 34.9. The Balaban J connectivity index is 1.84. The number of carbonyl (C=O) groups excluding carboxylic acids is 3. The van der Waals surface area contributed by atoms with E-state index in [2.05, 4.69) is 20.8 Å². The van der Waals surface area contributed by atoms with Gasteiger partial charge in [0.2, 0.25) is 0 Å². The number of Topliss-reactive ketones (excluding diaryl/α,β-unsaturated/α-hetero) is 1. The number of aliphatic hydroxyl groups is 2. The highest BCUT2D eigenvalue weighted by atomic mass is 28.4. The second-order valence-electron chi connectivity index (χ2n) is 14.8. The van der Waals surface area contributed by atoms with Gasteiger partial charge in [0, 0.05) is 31.1 Å². The van der Waals surface area contributed by atoms with Crippen LogP contribution in [-0.2, 0) is 28.2 Å². The van der Waals surface area contributed by atoms with Gasteiger partial charge in [0.15, 0.2) is 13.9 Å². The molecule has 0 radical (unpaired) electrons. The van der Waals surface area contributed by atoms with Crippen LogP contribution in [0, 0.1) is 22.7 Å². The van der Waals surface area contributed by atoms with Crippen LogP contribution in [0.2, 0.25) is 18.1 Å². The second-order valence-corrected chi connectivity index (χ2v) is 19.6. The highest BCUT2D eigenvalue weighted by Crippen LogP contribution is 2.65. The van der Waals surface area contributed by atoms with E-state index in [1.165, 1.54) is 6.92 Å². The molecule has 1 aliphatic heterocycles. The number of rotatable bonds is 8. The molecule has 2 saturated carbocycles. The van der Waals surface area contributed by atoms with Crippen LogP contribution >= 0.6 is 0 Å². The Kier molecular flexibility index (Phi) is 9.08. The lowest BCUT2D eigenvalue weighted by atomic mass is 9.43. The molecule has 2 bridgehead atoms. The van der Waals surface area contributed by atoms with Gasteiger partial charge in [-0.3, -0.25) is 9.59 Å². The van der Waals surface area contributed by atoms with Gasteiger partial charge < -0.3 is 28.8 Å². The summed E-state index contributed by atoms with van der Waals surface area (Å²) in [5.74, 6) is -3.15. The number of benzene rings is 1. The van der Waals surface area contributed by atoms with Gasteiger partial charge in [-0.15, -0.1) is 0 Å². The number of aliphatic hydroxyl groups excluding tert-OH is 1. The van der Waals surface area contributed by atoms with Crippen molar-refractivity contribution in [3.05, 3.63) is 47.0 Å². The highest BCUT2D eigenvalue weighted by Gasteiger charge is 2.78. The topological polar surface area (TPSA) is 129 Å². The maximum Gasteiger partial charge on any atom is 0.338 e. The quantitative estimate of drug-likeness (QED) is 0.215. The Morgan fingerprint density at radius 3 is 2.20 bits per heavy atom. The van der Waals surface area contributed by atoms with Crippen molar-refractivity contribution in [3.63, 3.8) is 0 Å². The van der Waals surface area contributed by atoms with Gasteiger partial charge in [-0.2, -0.15) is 0 Å². The molecule has 0 spiro atoms. The summed E-state index contributed by atoms with van der Waals surface area (Å²) in [6.07, 6.45) is -3.58. The first-order valence-electron chi connectivity index (χ1n) is 16.9. The fraction of sp³-hybridized carbons (Fsp3) is 0.694. The van der Waals surface area contributed by atoms with E-state index in [1.54, 1.807) is 30.3 Å². The average molecular weight is 657 g/mol. The molecule has 46 heavy (non-hydrogen) atoms. The van der Waals surface area contributed by atoms with Gasteiger partial charge >= 0.3 is 11.9 Å². The van der Waals surface area contributed by atoms with Gasteiger partial charge in [-0.1, -0.05) is 59.7 Å². The third kappa shape index (κ3) is 4.88. The Morgan fingerprint density at radius 1 is 1.07 bits per heavy atom. The monoisotopic (exact) mass is 656 g/mol. The Morgan fingerprint density at radius 2 is 1.67 bits per heavy atom. The highest BCUT2D eigenvalue weighted by molar-refractivity contribution is 6.73. The summed E-state index contributed by atoms with van der Waals surface area (Å²) in [7, 11) is -2.34. The SMILES string of the molecule is CC[Si](CC)(CC)O[C@H]1C[C@H]2OC[C@@]2(OC(C)=O)C2C(OC(=O)c3ccccc3)[C@]3(O)C[C@H](O)C(C)=C([C@@H](C)C(=O)[C@@]21C)C3(C)C. The molecule has 0 aromatic heterocycles. The zero-order chi connectivity index (χ0) is 34.0. The van der Waals surface area contributed by atoms with Gasteiger partial charge in [-0.25, -0.2) is 4.79 Å². The molecule has 3 aliphatic carbocycles. The van der Waals surface area contributed by atoms with E-state index in [4.69, 9.17) is 18.6 Å². The Hall–Kier alpha value is -2.37. The van der Waals surface area contributed by atoms with Crippen molar-refractivity contribution in [2.45, 2.75) is 129 Å². The van der Waals surface area contributed by atoms with Crippen LogP contribution in [0.15, 0.2) is 41.5 Å². The van der Waals surface area contributed by atoms with Crippen LogP contribution in [0.1, 0.15) is 85.5 Å². The van der Waals surface area contributed by atoms with E-state index < -0.39 is 78.5 Å². The first-order valence-corrected chi connectivity index (χ1v) is 19.4. The van der Waals surface area contributed by atoms with E-state index in [0.29, 0.717) is 17.6 Å². The molecular formula is C36H52O9Si. The molecule has 254 valence electrons. The molecule has 1 aromatic carbocycles. The molecule has 4 aliphatic rings. The zero-order valence-electron chi connectivity index (χ0n) is 28.8. The Bertz CT molecular complexity index is 1390. The van der Waals surface area contributed by atoms with Crippen molar-refractivity contribution in [2.24, 2.45) is 22.7 Å². The molecule has 1 aromatic rings. The van der Waals surface area contributed by atoms with Crippen LogP contribution < -0.4 is 0 Å². The molecule has 2 unspecified atom stereocenters. The van der Waals surface area contributed by atoms with Gasteiger partial charge in [0.1, 0.15) is 23.6 Å². The predicted octanol–water partition coefficient (Wildman–Crippen LogP) is 5.39. The van der Waals surface area contributed by atoms with Crippen molar-refractivity contribution in [1.82, 2.24) is 0 Å². The third-order valence-corrected chi connectivity index (χ3v) is 17.2. The molecule has 10 heteroatoms. The normalized spacial score (nSPS) is 38.5. The number of hydrogen-bond acceptors (Lipinski definition) is 9. The van der Waals surface area contributed by atoms with Crippen molar-refractivity contribution < 1.29 is 43.2 Å². The van der Waals surface area contributed by atoms with Crippen LogP contribution in [0.4, 0.5) is 0 Å². The van der Waals surface area contributed by atoms with E-state index in [1.807, 2.05) is 34.6 Å². The molecule has 9 atom stereocenters. The molecular weight excluding hydrogens is 604 g/mol. The molecule has 1 heterocycles. The summed E-state index contributed by atoms with van der Waals surface area (Å²) in [6, 6.07) is 11.0. The number of carbonyl (C=O) groups is 3. The third-order valence-electron chi connectivity index (χ3n) is 12.5. The molecule has 3 fully saturated rings. The Labute approximate surface area is 274 Å². The van der Waals surface area contributed by atoms with Crippen LogP contribution in [0.3, 0.4) is 0 Å². The van der Waals surface area contributed by atoms with Gasteiger partial charge in [0.05, 0.1) is 35.7 Å². The minimum absolute atomic E-state index is 0.0238. The molecule has 1 saturated heterocycles. The minimum atomic E-state index is -2.34. The van der Waals surface area contributed by atoms with E-state index >= 15 is 4.79 Å². The van der Waals surface area contributed by atoms with Gasteiger partial charge in [0.25, 0.3) is 0 Å². The van der Waals surface area contributed by atoms with Gasteiger partial charge in [-0.05, 0) is 55.3 Å². The summed E-state index contributed by atoms with van der Waals surface area (Å²) >= 11 is 0. The standard InChI is InChI=1S/C36H52O9Si/c1-10-46(11-2,12-3)45-26-18-27-35(20-42-27,44-23(6)37)29-31(43-32(40)24-16-14-13-15-17-24)36(41)19-25(38)21(4)28(33(36,7)8)22(5)30(39)34(26,29)9/h13-17,22,25-27,29,31,38,41H,10-12,18-20H2,1-9H3/t22-,25+,26+,27-,29?,31?,34-,35+,36-/m1/s1. The maximum atomic E-state index is 15.4. The van der Waals surface area contributed by atoms with E-state index in [9.17, 15) is 19.8 Å². The molecule has 2 N–H and O–H groups in total. The fourth-order valence-electron chi connectivity index (χ4n) is 9.61. The average Bonchev–Trinajstić information content (AvgIpc) is 3.01. The minimum Gasteiger partial charge on any atom is -0.455 e. The number of ether oxygens (including phenoxy) is 3. The van der Waals surface area contributed by atoms with Crippen molar-refractivity contribution >= 4 is 26.0 Å². The molecule has 5 rings (SSSR count). The maximum absolute atomic E-state index is 15.4. The number of esters is 2. The predicted molar refractivity (Wildman–Crippen MR) is 174 cm³/mol. The van der Waals surface area contributed by atoms with Crippen molar-refractivity contribution in [3.8, 4) is 0 Å².